The van der Waals surface area contributed by atoms with E-state index in [1.54, 1.807) is 13.1 Å². The molecule has 6 nitrogen and oxygen atoms in total. The Bertz CT molecular complexity index is 482. The van der Waals surface area contributed by atoms with E-state index in [9.17, 15) is 8.42 Å². The average Bonchev–Trinajstić information content (AvgIpc) is 2.34. The fourth-order valence-corrected chi connectivity index (χ4v) is 2.23. The second-order valence-electron chi connectivity index (χ2n) is 3.90. The van der Waals surface area contributed by atoms with Gasteiger partial charge in [0.25, 0.3) is 0 Å². The lowest BCUT2D eigenvalue weighted by atomic mass is 10.4. The van der Waals surface area contributed by atoms with Crippen molar-refractivity contribution in [1.82, 2.24) is 9.97 Å². The molecule has 0 fully saturated rings. The van der Waals surface area contributed by atoms with Gasteiger partial charge in [-0.05, 0) is 6.26 Å². The van der Waals surface area contributed by atoms with Crippen LogP contribution in [-0.4, -0.2) is 57.3 Å². The molecule has 0 aromatic carbocycles. The van der Waals surface area contributed by atoms with Crippen molar-refractivity contribution in [3.05, 3.63) is 6.07 Å². The number of thioether (sulfide) groups is 1. The molecule has 0 radical (unpaired) electrons. The molecule has 0 aliphatic rings. The van der Waals surface area contributed by atoms with E-state index in [2.05, 4.69) is 15.3 Å². The standard InChI is InChI=1S/C10H18N4O2S2/c1-11-8-7-9(13-10(12-8)17-3)14(2)5-6-18(4,15)16/h7H,5-6H2,1-4H3,(H,11,12,13). The number of hydrogen-bond acceptors (Lipinski definition) is 7. The van der Waals surface area contributed by atoms with E-state index in [-0.39, 0.29) is 5.75 Å². The molecule has 0 atom stereocenters. The third-order valence-corrected chi connectivity index (χ3v) is 3.79. The third kappa shape index (κ3) is 4.69. The summed E-state index contributed by atoms with van der Waals surface area (Å²) in [4.78, 5) is 10.4. The van der Waals surface area contributed by atoms with Gasteiger partial charge in [-0.15, -0.1) is 0 Å². The molecule has 1 aromatic rings. The van der Waals surface area contributed by atoms with Crippen LogP contribution in [-0.2, 0) is 9.84 Å². The molecule has 8 heteroatoms. The monoisotopic (exact) mass is 290 g/mol. The van der Waals surface area contributed by atoms with Crippen LogP contribution >= 0.6 is 11.8 Å². The van der Waals surface area contributed by atoms with Gasteiger partial charge in [0.2, 0.25) is 0 Å². The Labute approximate surface area is 112 Å². The topological polar surface area (TPSA) is 75.2 Å². The Balaban J connectivity index is 2.87. The molecular weight excluding hydrogens is 272 g/mol. The maximum atomic E-state index is 11.1. The Morgan fingerprint density at radius 1 is 1.44 bits per heavy atom. The molecule has 1 heterocycles. The normalized spacial score (nSPS) is 11.3. The molecule has 0 aliphatic carbocycles. The number of hydrogen-bond donors (Lipinski definition) is 1. The number of anilines is 2. The first-order valence-corrected chi connectivity index (χ1v) is 8.64. The van der Waals surface area contributed by atoms with E-state index in [1.165, 1.54) is 18.0 Å². The maximum absolute atomic E-state index is 11.1. The summed E-state index contributed by atoms with van der Waals surface area (Å²) in [6.45, 7) is 0.410. The molecule has 102 valence electrons. The van der Waals surface area contributed by atoms with Crippen molar-refractivity contribution in [1.29, 1.82) is 0 Å². The van der Waals surface area contributed by atoms with Crippen LogP contribution in [0.4, 0.5) is 11.6 Å². The molecule has 1 N–H and O–H groups in total. The third-order valence-electron chi connectivity index (χ3n) is 2.32. The first-order chi connectivity index (χ1) is 8.35. The quantitative estimate of drug-likeness (QED) is 0.611. The van der Waals surface area contributed by atoms with Gasteiger partial charge in [0.15, 0.2) is 5.16 Å². The molecule has 0 spiro atoms. The molecule has 1 aromatic heterocycles. The lowest BCUT2D eigenvalue weighted by molar-refractivity contribution is 0.601. The van der Waals surface area contributed by atoms with Crippen molar-refractivity contribution in [2.45, 2.75) is 5.16 Å². The minimum atomic E-state index is -2.96. The summed E-state index contributed by atoms with van der Waals surface area (Å²) in [5, 5.41) is 3.62. The summed E-state index contributed by atoms with van der Waals surface area (Å²) in [6, 6.07) is 1.79. The fraction of sp³-hybridized carbons (Fsp3) is 0.600. The van der Waals surface area contributed by atoms with Crippen molar-refractivity contribution < 1.29 is 8.42 Å². The smallest absolute Gasteiger partial charge is 0.191 e. The van der Waals surface area contributed by atoms with E-state index < -0.39 is 9.84 Å². The van der Waals surface area contributed by atoms with Gasteiger partial charge in [0, 0.05) is 33.0 Å². The first-order valence-electron chi connectivity index (χ1n) is 5.35. The van der Waals surface area contributed by atoms with E-state index in [4.69, 9.17) is 0 Å². The zero-order chi connectivity index (χ0) is 13.8. The summed E-state index contributed by atoms with van der Waals surface area (Å²) in [6.07, 6.45) is 3.13. The second-order valence-corrected chi connectivity index (χ2v) is 6.93. The minimum Gasteiger partial charge on any atom is -0.373 e. The predicted octanol–water partition coefficient (Wildman–Crippen LogP) is 0.721. The molecule has 0 amide bonds. The van der Waals surface area contributed by atoms with Crippen LogP contribution in [0.15, 0.2) is 11.2 Å². The summed E-state index contributed by atoms with van der Waals surface area (Å²) >= 11 is 1.45. The van der Waals surface area contributed by atoms with Crippen molar-refractivity contribution in [2.24, 2.45) is 0 Å². The van der Waals surface area contributed by atoms with Gasteiger partial charge in [-0.3, -0.25) is 0 Å². The zero-order valence-corrected chi connectivity index (χ0v) is 12.6. The van der Waals surface area contributed by atoms with Crippen LogP contribution in [0.1, 0.15) is 0 Å². The highest BCUT2D eigenvalue weighted by Crippen LogP contribution is 2.19. The van der Waals surface area contributed by atoms with Gasteiger partial charge in [-0.25, -0.2) is 18.4 Å². The van der Waals surface area contributed by atoms with E-state index in [1.807, 2.05) is 18.2 Å². The highest BCUT2D eigenvalue weighted by molar-refractivity contribution is 7.98. The summed E-state index contributed by atoms with van der Waals surface area (Å²) in [7, 11) is 0.637. The van der Waals surface area contributed by atoms with Crippen molar-refractivity contribution in [2.75, 3.05) is 49.1 Å². The van der Waals surface area contributed by atoms with Crippen LogP contribution in [0, 0.1) is 0 Å². The van der Waals surface area contributed by atoms with E-state index >= 15 is 0 Å². The number of nitrogens with one attached hydrogen (secondary N) is 1. The Hall–Kier alpha value is -1.02. The summed E-state index contributed by atoms with van der Waals surface area (Å²) in [5.41, 5.74) is 0. The van der Waals surface area contributed by atoms with E-state index in [0.29, 0.717) is 17.5 Å². The Morgan fingerprint density at radius 3 is 2.61 bits per heavy atom. The highest BCUT2D eigenvalue weighted by Gasteiger charge is 2.10. The van der Waals surface area contributed by atoms with Gasteiger partial charge >= 0.3 is 0 Å². The molecule has 0 unspecified atom stereocenters. The van der Waals surface area contributed by atoms with Gasteiger partial charge in [0.05, 0.1) is 5.75 Å². The largest absolute Gasteiger partial charge is 0.373 e. The zero-order valence-electron chi connectivity index (χ0n) is 11.0. The highest BCUT2D eigenvalue weighted by atomic mass is 32.2. The van der Waals surface area contributed by atoms with E-state index in [0.717, 1.165) is 5.82 Å². The molecular formula is C10H18N4O2S2. The number of nitrogens with zero attached hydrogens (tertiary/aromatic N) is 3. The van der Waals surface area contributed by atoms with Gasteiger partial charge in [-0.2, -0.15) is 0 Å². The average molecular weight is 290 g/mol. The van der Waals surface area contributed by atoms with Crippen LogP contribution in [0.25, 0.3) is 0 Å². The lowest BCUT2D eigenvalue weighted by Crippen LogP contribution is -2.26. The first kappa shape index (κ1) is 15.0. The van der Waals surface area contributed by atoms with Gasteiger partial charge in [0.1, 0.15) is 21.5 Å². The van der Waals surface area contributed by atoms with Crippen LogP contribution in [0.5, 0.6) is 0 Å². The molecule has 18 heavy (non-hydrogen) atoms. The fourth-order valence-electron chi connectivity index (χ4n) is 1.25. The second kappa shape index (κ2) is 6.24. The van der Waals surface area contributed by atoms with Crippen molar-refractivity contribution in [3.8, 4) is 0 Å². The van der Waals surface area contributed by atoms with Crippen molar-refractivity contribution >= 4 is 33.2 Å². The Morgan fingerprint density at radius 2 is 2.11 bits per heavy atom. The van der Waals surface area contributed by atoms with Gasteiger partial charge < -0.3 is 10.2 Å². The summed E-state index contributed by atoms with van der Waals surface area (Å²) < 4.78 is 22.3. The number of aromatic nitrogens is 2. The molecule has 1 rings (SSSR count). The molecule has 0 saturated carbocycles. The maximum Gasteiger partial charge on any atom is 0.191 e. The van der Waals surface area contributed by atoms with Crippen LogP contribution in [0.2, 0.25) is 0 Å². The molecule has 0 saturated heterocycles. The molecule has 0 aliphatic heterocycles. The Kier molecular flexibility index (Phi) is 5.21. The minimum absolute atomic E-state index is 0.108. The van der Waals surface area contributed by atoms with Crippen molar-refractivity contribution in [3.63, 3.8) is 0 Å². The predicted molar refractivity (Wildman–Crippen MR) is 76.3 cm³/mol. The number of rotatable bonds is 6. The number of sulfone groups is 1. The van der Waals surface area contributed by atoms with Gasteiger partial charge in [-0.1, -0.05) is 11.8 Å². The molecule has 0 bridgehead atoms. The lowest BCUT2D eigenvalue weighted by Gasteiger charge is -2.18. The summed E-state index contributed by atoms with van der Waals surface area (Å²) in [5.74, 6) is 1.54. The van der Waals surface area contributed by atoms with Crippen LogP contribution < -0.4 is 10.2 Å². The SMILES string of the molecule is CNc1cc(N(C)CCS(C)(=O)=O)nc(SC)n1. The van der Waals surface area contributed by atoms with Crippen LogP contribution in [0.3, 0.4) is 0 Å².